The van der Waals surface area contributed by atoms with Crippen molar-refractivity contribution >= 4 is 0 Å². The van der Waals surface area contributed by atoms with Crippen LogP contribution in [0.1, 0.15) is 23.9 Å². The first-order valence-corrected chi connectivity index (χ1v) is 3.62. The zero-order valence-corrected chi connectivity index (χ0v) is 6.70. The molecule has 3 nitrogen and oxygen atoms in total. The van der Waals surface area contributed by atoms with Gasteiger partial charge in [0, 0.05) is 0 Å². The van der Waals surface area contributed by atoms with Crippen molar-refractivity contribution in [1.82, 2.24) is 4.98 Å². The minimum Gasteiger partial charge on any atom is -0.226 e. The van der Waals surface area contributed by atoms with Crippen LogP contribution in [0.5, 0.6) is 0 Å². The minimum atomic E-state index is 0.295. The summed E-state index contributed by atoms with van der Waals surface area (Å²) in [5.41, 5.74) is 1.54. The first-order valence-electron chi connectivity index (χ1n) is 3.62. The quantitative estimate of drug-likeness (QED) is 0.618. The van der Waals surface area contributed by atoms with Crippen LogP contribution in [-0.4, -0.2) is 4.98 Å². The number of aryl methyl sites for hydroxylation is 1. The van der Waals surface area contributed by atoms with Gasteiger partial charge in [0.15, 0.2) is 0 Å². The number of nitrogens with zero attached hydrogens (tertiary/aromatic N) is 3. The van der Waals surface area contributed by atoms with Crippen LogP contribution in [-0.2, 0) is 6.42 Å². The molecular formula is C9H7N3. The lowest BCUT2D eigenvalue weighted by Gasteiger charge is -1.97. The van der Waals surface area contributed by atoms with E-state index < -0.39 is 0 Å². The van der Waals surface area contributed by atoms with Gasteiger partial charge < -0.3 is 0 Å². The lowest BCUT2D eigenvalue weighted by molar-refractivity contribution is 1.07. The van der Waals surface area contributed by atoms with Gasteiger partial charge in [-0.05, 0) is 18.1 Å². The molecule has 1 rings (SSSR count). The van der Waals surface area contributed by atoms with Gasteiger partial charge in [0.05, 0.1) is 0 Å². The number of rotatable bonds is 1. The zero-order valence-electron chi connectivity index (χ0n) is 6.70. The second kappa shape index (κ2) is 3.50. The van der Waals surface area contributed by atoms with Crippen molar-refractivity contribution in [2.45, 2.75) is 13.3 Å². The molecular weight excluding hydrogens is 150 g/mol. The fourth-order valence-corrected chi connectivity index (χ4v) is 0.932. The van der Waals surface area contributed by atoms with Crippen molar-refractivity contribution in [3.63, 3.8) is 0 Å². The maximum atomic E-state index is 8.65. The molecule has 0 aromatic carbocycles. The first kappa shape index (κ1) is 8.23. The maximum absolute atomic E-state index is 8.65. The molecule has 0 aliphatic heterocycles. The normalized spacial score (nSPS) is 8.58. The highest BCUT2D eigenvalue weighted by Gasteiger charge is 2.01. The van der Waals surface area contributed by atoms with Gasteiger partial charge in [-0.3, -0.25) is 0 Å². The third kappa shape index (κ3) is 1.41. The van der Waals surface area contributed by atoms with E-state index in [1.165, 1.54) is 0 Å². The summed E-state index contributed by atoms with van der Waals surface area (Å²) in [5, 5.41) is 17.1. The van der Waals surface area contributed by atoms with Gasteiger partial charge in [-0.25, -0.2) is 4.98 Å². The lowest BCUT2D eigenvalue weighted by Crippen LogP contribution is -1.93. The van der Waals surface area contributed by atoms with E-state index in [9.17, 15) is 0 Å². The summed E-state index contributed by atoms with van der Waals surface area (Å²) in [7, 11) is 0. The molecule has 0 fully saturated rings. The Hall–Kier alpha value is -1.87. The largest absolute Gasteiger partial charge is 0.226 e. The average molecular weight is 157 g/mol. The van der Waals surface area contributed by atoms with Crippen LogP contribution in [0.25, 0.3) is 0 Å². The van der Waals surface area contributed by atoms with Crippen molar-refractivity contribution < 1.29 is 0 Å². The highest BCUT2D eigenvalue weighted by Crippen LogP contribution is 2.06. The molecule has 0 spiro atoms. The van der Waals surface area contributed by atoms with Crippen molar-refractivity contribution in [1.29, 1.82) is 10.5 Å². The van der Waals surface area contributed by atoms with E-state index in [2.05, 4.69) is 4.98 Å². The molecule has 3 heteroatoms. The summed E-state index contributed by atoms with van der Waals surface area (Å²) in [4.78, 5) is 3.86. The monoisotopic (exact) mass is 157 g/mol. The fraction of sp³-hybridized carbons (Fsp3) is 0.222. The van der Waals surface area contributed by atoms with Crippen LogP contribution in [0.15, 0.2) is 12.1 Å². The van der Waals surface area contributed by atoms with E-state index in [-0.39, 0.29) is 0 Å². The summed E-state index contributed by atoms with van der Waals surface area (Å²) in [6, 6.07) is 7.24. The average Bonchev–Trinajstić information content (AvgIpc) is 2.16. The molecule has 0 bridgehead atoms. The Morgan fingerprint density at radius 1 is 1.33 bits per heavy atom. The van der Waals surface area contributed by atoms with Crippen LogP contribution >= 0.6 is 0 Å². The lowest BCUT2D eigenvalue weighted by atomic mass is 10.1. The van der Waals surface area contributed by atoms with Crippen LogP contribution in [0.4, 0.5) is 0 Å². The Bertz CT molecular complexity index is 368. The summed E-state index contributed by atoms with van der Waals surface area (Å²) < 4.78 is 0. The van der Waals surface area contributed by atoms with Gasteiger partial charge in [0.2, 0.25) is 0 Å². The molecule has 1 heterocycles. The second-order valence-corrected chi connectivity index (χ2v) is 2.28. The number of nitriles is 2. The summed E-state index contributed by atoms with van der Waals surface area (Å²) >= 11 is 0. The second-order valence-electron chi connectivity index (χ2n) is 2.28. The summed E-state index contributed by atoms with van der Waals surface area (Å²) in [5.74, 6) is 0. The van der Waals surface area contributed by atoms with Gasteiger partial charge in [-0.1, -0.05) is 13.0 Å². The van der Waals surface area contributed by atoms with E-state index in [1.54, 1.807) is 12.1 Å². The number of aromatic nitrogens is 1. The van der Waals surface area contributed by atoms with Crippen LogP contribution in [0.2, 0.25) is 0 Å². The maximum Gasteiger partial charge on any atom is 0.145 e. The van der Waals surface area contributed by atoms with Crippen molar-refractivity contribution in [2.75, 3.05) is 0 Å². The Labute approximate surface area is 70.9 Å². The molecule has 58 valence electrons. The van der Waals surface area contributed by atoms with Crippen molar-refractivity contribution in [3.05, 3.63) is 29.1 Å². The molecule has 0 N–H and O–H groups in total. The summed E-state index contributed by atoms with van der Waals surface area (Å²) in [6.45, 7) is 1.95. The molecule has 0 saturated carbocycles. The Balaban J connectivity index is 3.24. The van der Waals surface area contributed by atoms with Gasteiger partial charge in [0.1, 0.15) is 23.5 Å². The summed E-state index contributed by atoms with van der Waals surface area (Å²) in [6.07, 6.45) is 0.765. The molecule has 0 unspecified atom stereocenters. The Morgan fingerprint density at radius 3 is 2.58 bits per heavy atom. The highest BCUT2D eigenvalue weighted by molar-refractivity contribution is 5.35. The molecule has 0 aliphatic carbocycles. The topological polar surface area (TPSA) is 60.5 Å². The molecule has 0 saturated heterocycles. The first-order chi connectivity index (χ1) is 5.81. The molecule has 1 aromatic rings. The van der Waals surface area contributed by atoms with Gasteiger partial charge in [-0.15, -0.1) is 0 Å². The van der Waals surface area contributed by atoms with E-state index in [1.807, 2.05) is 19.1 Å². The standard InChI is InChI=1S/C9H7N3/c1-2-7-3-4-8(5-10)12-9(7)6-11/h3-4H,2H2,1H3. The van der Waals surface area contributed by atoms with Crippen LogP contribution in [0, 0.1) is 22.7 Å². The number of hydrogen-bond donors (Lipinski definition) is 0. The van der Waals surface area contributed by atoms with Crippen molar-refractivity contribution in [2.24, 2.45) is 0 Å². The molecule has 0 radical (unpaired) electrons. The fourth-order valence-electron chi connectivity index (χ4n) is 0.932. The molecule has 12 heavy (non-hydrogen) atoms. The Morgan fingerprint density at radius 2 is 2.08 bits per heavy atom. The SMILES string of the molecule is CCc1ccc(C#N)nc1C#N. The number of hydrogen-bond acceptors (Lipinski definition) is 3. The predicted molar refractivity (Wildman–Crippen MR) is 43.0 cm³/mol. The third-order valence-corrected chi connectivity index (χ3v) is 1.58. The van der Waals surface area contributed by atoms with Crippen molar-refractivity contribution in [3.8, 4) is 12.1 Å². The molecule has 0 aliphatic rings. The zero-order chi connectivity index (χ0) is 8.97. The number of pyridine rings is 1. The smallest absolute Gasteiger partial charge is 0.145 e. The van der Waals surface area contributed by atoms with Gasteiger partial charge >= 0.3 is 0 Å². The van der Waals surface area contributed by atoms with E-state index in [0.717, 1.165) is 12.0 Å². The van der Waals surface area contributed by atoms with Crippen LogP contribution < -0.4 is 0 Å². The van der Waals surface area contributed by atoms with Crippen LogP contribution in [0.3, 0.4) is 0 Å². The van der Waals surface area contributed by atoms with E-state index >= 15 is 0 Å². The van der Waals surface area contributed by atoms with E-state index in [4.69, 9.17) is 10.5 Å². The minimum absolute atomic E-state index is 0.295. The highest BCUT2D eigenvalue weighted by atomic mass is 14.7. The Kier molecular flexibility index (Phi) is 2.40. The van der Waals surface area contributed by atoms with Gasteiger partial charge in [0.25, 0.3) is 0 Å². The third-order valence-electron chi connectivity index (χ3n) is 1.58. The predicted octanol–water partition coefficient (Wildman–Crippen LogP) is 1.39. The van der Waals surface area contributed by atoms with Gasteiger partial charge in [-0.2, -0.15) is 10.5 Å². The molecule has 0 atom stereocenters. The van der Waals surface area contributed by atoms with E-state index in [0.29, 0.717) is 11.4 Å². The molecule has 0 amide bonds. The molecule has 1 aromatic heterocycles.